The van der Waals surface area contributed by atoms with Gasteiger partial charge in [0.25, 0.3) is 0 Å². The van der Waals surface area contributed by atoms with Gasteiger partial charge in [-0.2, -0.15) is 0 Å². The van der Waals surface area contributed by atoms with Gasteiger partial charge < -0.3 is 10.0 Å². The summed E-state index contributed by atoms with van der Waals surface area (Å²) in [5.74, 6) is -0.299. The highest BCUT2D eigenvalue weighted by molar-refractivity contribution is 9.11. The van der Waals surface area contributed by atoms with E-state index in [1.54, 1.807) is 18.2 Å². The zero-order valence-electron chi connectivity index (χ0n) is 13.6. The number of halogens is 2. The van der Waals surface area contributed by atoms with Gasteiger partial charge in [0, 0.05) is 23.2 Å². The van der Waals surface area contributed by atoms with Gasteiger partial charge in [-0.3, -0.25) is 4.79 Å². The predicted molar refractivity (Wildman–Crippen MR) is 107 cm³/mol. The van der Waals surface area contributed by atoms with Crippen LogP contribution < -0.4 is 4.90 Å². The Morgan fingerprint density at radius 3 is 2.33 bits per heavy atom. The van der Waals surface area contributed by atoms with Gasteiger partial charge >= 0.3 is 0 Å². The minimum Gasteiger partial charge on any atom is -0.506 e. The Morgan fingerprint density at radius 2 is 1.75 bits per heavy atom. The summed E-state index contributed by atoms with van der Waals surface area (Å²) in [5, 5.41) is 10.0. The first-order valence-electron chi connectivity index (χ1n) is 7.71. The standard InChI is InChI=1S/C19H19Br2NO2/c1-3-22(4-2)15-8-5-13(6-9-15)7-10-18(23)16-11-14(20)12-17(21)19(16)24/h5-12,24H,3-4H2,1-2H3/b10-7+. The fourth-order valence-corrected chi connectivity index (χ4v) is 3.63. The molecule has 0 unspecified atom stereocenters. The summed E-state index contributed by atoms with van der Waals surface area (Å²) in [5.41, 5.74) is 2.36. The molecule has 0 aliphatic rings. The van der Waals surface area contributed by atoms with Crippen LogP contribution in [0.5, 0.6) is 5.75 Å². The van der Waals surface area contributed by atoms with E-state index in [1.165, 1.54) is 6.08 Å². The first-order valence-corrected chi connectivity index (χ1v) is 9.30. The smallest absolute Gasteiger partial charge is 0.189 e. The van der Waals surface area contributed by atoms with E-state index in [0.29, 0.717) is 4.47 Å². The molecule has 0 saturated carbocycles. The lowest BCUT2D eigenvalue weighted by molar-refractivity contribution is 0.104. The fraction of sp³-hybridized carbons (Fsp3) is 0.211. The molecule has 0 fully saturated rings. The molecule has 24 heavy (non-hydrogen) atoms. The van der Waals surface area contributed by atoms with E-state index < -0.39 is 0 Å². The Labute approximate surface area is 159 Å². The number of carbonyl (C=O) groups excluding carboxylic acids is 1. The van der Waals surface area contributed by atoms with Crippen LogP contribution in [0.4, 0.5) is 5.69 Å². The Hall–Kier alpha value is -1.59. The summed E-state index contributed by atoms with van der Waals surface area (Å²) in [7, 11) is 0. The monoisotopic (exact) mass is 451 g/mol. The topological polar surface area (TPSA) is 40.5 Å². The third-order valence-electron chi connectivity index (χ3n) is 3.74. The summed E-state index contributed by atoms with van der Waals surface area (Å²) in [6.45, 7) is 6.17. The van der Waals surface area contributed by atoms with E-state index in [2.05, 4.69) is 50.6 Å². The molecule has 3 nitrogen and oxygen atoms in total. The minimum atomic E-state index is -0.248. The van der Waals surface area contributed by atoms with E-state index >= 15 is 0 Å². The SMILES string of the molecule is CCN(CC)c1ccc(/C=C/C(=O)c2cc(Br)cc(Br)c2O)cc1. The maximum absolute atomic E-state index is 12.3. The van der Waals surface area contributed by atoms with Gasteiger partial charge in [-0.1, -0.05) is 34.1 Å². The molecule has 0 amide bonds. The largest absolute Gasteiger partial charge is 0.506 e. The number of rotatable bonds is 6. The first-order chi connectivity index (χ1) is 11.5. The number of nitrogens with zero attached hydrogens (tertiary/aromatic N) is 1. The Bertz CT molecular complexity index is 751. The summed E-state index contributed by atoms with van der Waals surface area (Å²) >= 11 is 6.56. The quantitative estimate of drug-likeness (QED) is 0.454. The minimum absolute atomic E-state index is 0.0512. The van der Waals surface area contributed by atoms with E-state index in [1.807, 2.05) is 24.3 Å². The third kappa shape index (κ3) is 4.48. The van der Waals surface area contributed by atoms with Crippen molar-refractivity contribution in [2.75, 3.05) is 18.0 Å². The van der Waals surface area contributed by atoms with Crippen molar-refractivity contribution in [3.05, 3.63) is 62.5 Å². The molecule has 0 heterocycles. The van der Waals surface area contributed by atoms with E-state index in [-0.39, 0.29) is 17.1 Å². The second-order valence-electron chi connectivity index (χ2n) is 5.25. The summed E-state index contributed by atoms with van der Waals surface area (Å²) in [6, 6.07) is 11.4. The average Bonchev–Trinajstić information content (AvgIpc) is 2.58. The molecule has 0 bridgehead atoms. The highest BCUT2D eigenvalue weighted by Crippen LogP contribution is 2.32. The zero-order valence-corrected chi connectivity index (χ0v) is 16.8. The number of aromatic hydroxyl groups is 1. The number of allylic oxidation sites excluding steroid dienone is 1. The maximum atomic E-state index is 12.3. The molecule has 0 aliphatic carbocycles. The van der Waals surface area contributed by atoms with Crippen molar-refractivity contribution in [3.8, 4) is 5.75 Å². The lowest BCUT2D eigenvalue weighted by Crippen LogP contribution is -2.21. The van der Waals surface area contributed by atoms with E-state index in [0.717, 1.165) is 28.8 Å². The van der Waals surface area contributed by atoms with E-state index in [4.69, 9.17) is 0 Å². The molecule has 0 spiro atoms. The highest BCUT2D eigenvalue weighted by atomic mass is 79.9. The Morgan fingerprint density at radius 1 is 1.12 bits per heavy atom. The summed E-state index contributed by atoms with van der Waals surface area (Å²) in [6.07, 6.45) is 3.23. The number of benzene rings is 2. The lowest BCUT2D eigenvalue weighted by Gasteiger charge is -2.20. The van der Waals surface area contributed by atoms with E-state index in [9.17, 15) is 9.90 Å². The highest BCUT2D eigenvalue weighted by Gasteiger charge is 2.12. The summed E-state index contributed by atoms with van der Waals surface area (Å²) < 4.78 is 1.21. The van der Waals surface area contributed by atoms with Gasteiger partial charge in [0.2, 0.25) is 0 Å². The second kappa shape index (κ2) is 8.49. The summed E-state index contributed by atoms with van der Waals surface area (Å²) in [4.78, 5) is 14.6. The number of phenols is 1. The van der Waals surface area contributed by atoms with Crippen molar-refractivity contribution in [2.45, 2.75) is 13.8 Å². The van der Waals surface area contributed by atoms with Crippen molar-refractivity contribution >= 4 is 49.4 Å². The number of phenolic OH excluding ortho intramolecular Hbond substituents is 1. The van der Waals surface area contributed by atoms with Gasteiger partial charge in [-0.15, -0.1) is 0 Å². The molecular weight excluding hydrogens is 434 g/mol. The number of anilines is 1. The maximum Gasteiger partial charge on any atom is 0.189 e. The molecule has 0 atom stereocenters. The lowest BCUT2D eigenvalue weighted by atomic mass is 10.1. The Balaban J connectivity index is 2.17. The molecule has 126 valence electrons. The molecule has 0 aromatic heterocycles. The van der Waals surface area contributed by atoms with Crippen LogP contribution in [0, 0.1) is 0 Å². The molecule has 0 radical (unpaired) electrons. The van der Waals surface area contributed by atoms with Crippen molar-refractivity contribution in [1.29, 1.82) is 0 Å². The van der Waals surface area contributed by atoms with Crippen LogP contribution in [0.3, 0.4) is 0 Å². The zero-order chi connectivity index (χ0) is 17.7. The normalized spacial score (nSPS) is 11.0. The Kier molecular flexibility index (Phi) is 6.63. The van der Waals surface area contributed by atoms with Crippen molar-refractivity contribution < 1.29 is 9.90 Å². The van der Waals surface area contributed by atoms with Gasteiger partial charge in [-0.25, -0.2) is 0 Å². The molecular formula is C19H19Br2NO2. The van der Waals surface area contributed by atoms with Gasteiger partial charge in [0.15, 0.2) is 5.78 Å². The molecule has 5 heteroatoms. The van der Waals surface area contributed by atoms with Crippen molar-refractivity contribution in [1.82, 2.24) is 0 Å². The molecule has 2 aromatic carbocycles. The van der Waals surface area contributed by atoms with Crippen LogP contribution in [0.1, 0.15) is 29.8 Å². The first kappa shape index (κ1) is 18.7. The predicted octanol–water partition coefficient (Wildman–Crippen LogP) is 5.66. The number of carbonyl (C=O) groups is 1. The van der Waals surface area contributed by atoms with Crippen molar-refractivity contribution in [2.24, 2.45) is 0 Å². The molecule has 2 rings (SSSR count). The number of hydrogen-bond donors (Lipinski definition) is 1. The average molecular weight is 453 g/mol. The molecule has 0 saturated heterocycles. The van der Waals surface area contributed by atoms with Crippen LogP contribution >= 0.6 is 31.9 Å². The van der Waals surface area contributed by atoms with Gasteiger partial charge in [0.05, 0.1) is 10.0 Å². The van der Waals surface area contributed by atoms with Gasteiger partial charge in [0.1, 0.15) is 5.75 Å². The fourth-order valence-electron chi connectivity index (χ4n) is 2.40. The van der Waals surface area contributed by atoms with Gasteiger partial charge in [-0.05, 0) is 65.7 Å². The second-order valence-corrected chi connectivity index (χ2v) is 7.02. The van der Waals surface area contributed by atoms with Crippen LogP contribution in [0.2, 0.25) is 0 Å². The molecule has 0 aliphatic heterocycles. The van der Waals surface area contributed by atoms with Crippen LogP contribution in [-0.4, -0.2) is 24.0 Å². The third-order valence-corrected chi connectivity index (χ3v) is 4.80. The molecule has 2 aromatic rings. The van der Waals surface area contributed by atoms with Crippen LogP contribution in [0.15, 0.2) is 51.4 Å². The van der Waals surface area contributed by atoms with Crippen molar-refractivity contribution in [3.63, 3.8) is 0 Å². The number of ketones is 1. The van der Waals surface area contributed by atoms with Crippen LogP contribution in [0.25, 0.3) is 6.08 Å². The van der Waals surface area contributed by atoms with Crippen LogP contribution in [-0.2, 0) is 0 Å². The molecule has 1 N–H and O–H groups in total. The number of hydrogen-bond acceptors (Lipinski definition) is 3.